The summed E-state index contributed by atoms with van der Waals surface area (Å²) in [5, 5.41) is 9.38. The number of fused-ring (bicyclic) bond motifs is 2. The van der Waals surface area contributed by atoms with Crippen molar-refractivity contribution in [2.75, 3.05) is 20.6 Å². The van der Waals surface area contributed by atoms with Crippen molar-refractivity contribution in [2.45, 2.75) is 63.6 Å². The summed E-state index contributed by atoms with van der Waals surface area (Å²) in [4.78, 5) is 8.53. The van der Waals surface area contributed by atoms with Crippen LogP contribution in [0.15, 0.2) is 22.5 Å². The topological polar surface area (TPSA) is 39.7 Å². The van der Waals surface area contributed by atoms with Crippen LogP contribution in [-0.4, -0.2) is 49.6 Å². The highest BCUT2D eigenvalue weighted by molar-refractivity contribution is 7.09. The van der Waals surface area contributed by atoms with E-state index in [0.717, 1.165) is 31.0 Å². The van der Waals surface area contributed by atoms with Crippen molar-refractivity contribution in [1.29, 1.82) is 0 Å². The molecule has 2 aliphatic rings. The van der Waals surface area contributed by atoms with Gasteiger partial charge in [0, 0.05) is 36.6 Å². The molecule has 3 rings (SSSR count). The van der Waals surface area contributed by atoms with Crippen LogP contribution >= 0.6 is 11.3 Å². The third kappa shape index (κ3) is 4.51. The maximum atomic E-state index is 4.45. The van der Waals surface area contributed by atoms with Gasteiger partial charge in [0.15, 0.2) is 5.96 Å². The first-order valence-corrected chi connectivity index (χ1v) is 10.2. The maximum absolute atomic E-state index is 4.45. The molecule has 2 fully saturated rings. The summed E-state index contributed by atoms with van der Waals surface area (Å²) in [6.07, 6.45) is 7.75. The fourth-order valence-electron chi connectivity index (χ4n) is 4.24. The molecular formula is C19H32N4S. The van der Waals surface area contributed by atoms with Gasteiger partial charge in [-0.25, -0.2) is 0 Å². The fraction of sp³-hybridized carbons (Fsp3) is 0.737. The van der Waals surface area contributed by atoms with Crippen LogP contribution in [0.2, 0.25) is 0 Å². The van der Waals surface area contributed by atoms with Crippen LogP contribution in [0.1, 0.15) is 43.9 Å². The lowest BCUT2D eigenvalue weighted by Crippen LogP contribution is -2.56. The number of guanidine groups is 1. The zero-order chi connectivity index (χ0) is 16.9. The first-order chi connectivity index (χ1) is 11.7. The first-order valence-electron chi connectivity index (χ1n) is 9.37. The summed E-state index contributed by atoms with van der Waals surface area (Å²) in [6, 6.07) is 6.44. The molecule has 134 valence electrons. The smallest absolute Gasteiger partial charge is 0.191 e. The molecule has 3 heterocycles. The van der Waals surface area contributed by atoms with Crippen molar-refractivity contribution < 1.29 is 0 Å². The van der Waals surface area contributed by atoms with E-state index in [4.69, 9.17) is 0 Å². The minimum absolute atomic E-state index is 0.565. The molecule has 0 saturated carbocycles. The molecule has 24 heavy (non-hydrogen) atoms. The van der Waals surface area contributed by atoms with E-state index in [0.29, 0.717) is 12.0 Å². The van der Waals surface area contributed by atoms with Crippen LogP contribution < -0.4 is 10.6 Å². The lowest BCUT2D eigenvalue weighted by atomic mass is 9.82. The number of nitrogens with zero attached hydrogens (tertiary/aromatic N) is 2. The Balaban J connectivity index is 1.45. The van der Waals surface area contributed by atoms with Gasteiger partial charge in [0.2, 0.25) is 0 Å². The molecule has 3 unspecified atom stereocenters. The average molecular weight is 349 g/mol. The molecule has 4 nitrogen and oxygen atoms in total. The number of piperidine rings is 2. The van der Waals surface area contributed by atoms with E-state index in [1.807, 2.05) is 18.4 Å². The highest BCUT2D eigenvalue weighted by atomic mass is 32.1. The standard InChI is InChI=1S/C19H32N4S/c1-14(10-18-8-5-9-24-18)13-21-19(20-2)22-15-11-16-6-4-7-17(12-15)23(16)3/h5,8-9,14-17H,4,6-7,10-13H2,1-3H3,(H2,20,21,22). The summed E-state index contributed by atoms with van der Waals surface area (Å²) in [5.41, 5.74) is 0. The van der Waals surface area contributed by atoms with Crippen molar-refractivity contribution in [3.63, 3.8) is 0 Å². The fourth-order valence-corrected chi connectivity index (χ4v) is 5.11. The zero-order valence-electron chi connectivity index (χ0n) is 15.3. The Hall–Kier alpha value is -1.07. The van der Waals surface area contributed by atoms with Gasteiger partial charge in [0.1, 0.15) is 0 Å². The first kappa shape index (κ1) is 17.7. The third-order valence-corrected chi connectivity index (χ3v) is 6.55. The second-order valence-electron chi connectivity index (χ2n) is 7.56. The highest BCUT2D eigenvalue weighted by Crippen LogP contribution is 2.32. The summed E-state index contributed by atoms with van der Waals surface area (Å²) in [5.74, 6) is 1.58. The molecule has 3 atom stereocenters. The Morgan fingerprint density at radius 2 is 2.12 bits per heavy atom. The zero-order valence-corrected chi connectivity index (χ0v) is 16.1. The van der Waals surface area contributed by atoms with E-state index in [2.05, 4.69) is 52.0 Å². The van der Waals surface area contributed by atoms with E-state index in [9.17, 15) is 0 Å². The van der Waals surface area contributed by atoms with Gasteiger partial charge in [-0.1, -0.05) is 19.4 Å². The van der Waals surface area contributed by atoms with Crippen molar-refractivity contribution in [2.24, 2.45) is 10.9 Å². The van der Waals surface area contributed by atoms with Gasteiger partial charge in [0.25, 0.3) is 0 Å². The molecule has 2 saturated heterocycles. The van der Waals surface area contributed by atoms with Gasteiger partial charge in [-0.05, 0) is 56.5 Å². The molecular weight excluding hydrogens is 316 g/mol. The second kappa shape index (κ2) is 8.34. The van der Waals surface area contributed by atoms with E-state index in [1.54, 1.807) is 0 Å². The summed E-state index contributed by atoms with van der Waals surface area (Å²) in [6.45, 7) is 3.27. The second-order valence-corrected chi connectivity index (χ2v) is 8.59. The van der Waals surface area contributed by atoms with Gasteiger partial charge in [0.05, 0.1) is 0 Å². The van der Waals surface area contributed by atoms with Gasteiger partial charge in [-0.2, -0.15) is 0 Å². The van der Waals surface area contributed by atoms with Crippen molar-refractivity contribution in [3.05, 3.63) is 22.4 Å². The number of rotatable bonds is 5. The van der Waals surface area contributed by atoms with Crippen molar-refractivity contribution in [1.82, 2.24) is 15.5 Å². The largest absolute Gasteiger partial charge is 0.356 e. The molecule has 5 heteroatoms. The molecule has 0 aromatic carbocycles. The summed E-state index contributed by atoms with van der Waals surface area (Å²) in [7, 11) is 4.19. The minimum Gasteiger partial charge on any atom is -0.356 e. The highest BCUT2D eigenvalue weighted by Gasteiger charge is 2.36. The van der Waals surface area contributed by atoms with Gasteiger partial charge >= 0.3 is 0 Å². The van der Waals surface area contributed by atoms with Crippen molar-refractivity contribution in [3.8, 4) is 0 Å². The molecule has 0 radical (unpaired) electrons. The third-order valence-electron chi connectivity index (χ3n) is 5.65. The van der Waals surface area contributed by atoms with Crippen LogP contribution in [0.4, 0.5) is 0 Å². The van der Waals surface area contributed by atoms with Crippen LogP contribution in [0.25, 0.3) is 0 Å². The van der Waals surface area contributed by atoms with E-state index >= 15 is 0 Å². The quantitative estimate of drug-likeness (QED) is 0.634. The van der Waals surface area contributed by atoms with Gasteiger partial charge < -0.3 is 15.5 Å². The average Bonchev–Trinajstić information content (AvgIpc) is 3.05. The lowest BCUT2D eigenvalue weighted by molar-refractivity contribution is 0.0526. The molecule has 2 N–H and O–H groups in total. The Morgan fingerprint density at radius 1 is 1.38 bits per heavy atom. The van der Waals surface area contributed by atoms with E-state index in [1.165, 1.54) is 37.0 Å². The SMILES string of the molecule is CN=C(NCC(C)Cc1cccs1)NC1CC2CCCC(C1)N2C. The van der Waals surface area contributed by atoms with Gasteiger partial charge in [-0.15, -0.1) is 11.3 Å². The number of thiophene rings is 1. The van der Waals surface area contributed by atoms with E-state index < -0.39 is 0 Å². The predicted octanol–water partition coefficient (Wildman–Crippen LogP) is 3.11. The minimum atomic E-state index is 0.565. The lowest BCUT2D eigenvalue weighted by Gasteiger charge is -2.47. The molecule has 0 amide bonds. The maximum Gasteiger partial charge on any atom is 0.191 e. The summed E-state index contributed by atoms with van der Waals surface area (Å²) >= 11 is 1.85. The molecule has 0 spiro atoms. The molecule has 1 aromatic rings. The molecule has 0 aliphatic carbocycles. The Kier molecular flexibility index (Phi) is 6.17. The monoisotopic (exact) mass is 348 g/mol. The number of nitrogens with one attached hydrogen (secondary N) is 2. The molecule has 2 aliphatic heterocycles. The van der Waals surface area contributed by atoms with Crippen LogP contribution in [0.3, 0.4) is 0 Å². The molecule has 2 bridgehead atoms. The Bertz CT molecular complexity index is 513. The molecule has 1 aromatic heterocycles. The number of hydrogen-bond donors (Lipinski definition) is 2. The van der Waals surface area contributed by atoms with Gasteiger partial charge in [-0.3, -0.25) is 4.99 Å². The Labute approximate surface area is 150 Å². The number of aliphatic imine (C=N–C) groups is 1. The predicted molar refractivity (Wildman–Crippen MR) is 104 cm³/mol. The van der Waals surface area contributed by atoms with Crippen LogP contribution in [0, 0.1) is 5.92 Å². The van der Waals surface area contributed by atoms with E-state index in [-0.39, 0.29) is 0 Å². The Morgan fingerprint density at radius 3 is 2.75 bits per heavy atom. The number of hydrogen-bond acceptors (Lipinski definition) is 3. The summed E-state index contributed by atoms with van der Waals surface area (Å²) < 4.78 is 0. The van der Waals surface area contributed by atoms with Crippen LogP contribution in [0.5, 0.6) is 0 Å². The van der Waals surface area contributed by atoms with Crippen molar-refractivity contribution >= 4 is 17.3 Å². The normalized spacial score (nSPS) is 29.3. The van der Waals surface area contributed by atoms with Crippen LogP contribution in [-0.2, 0) is 6.42 Å².